The number of benzene rings is 1. The van der Waals surface area contributed by atoms with E-state index in [9.17, 15) is 9.18 Å². The van der Waals surface area contributed by atoms with E-state index in [1.165, 1.54) is 13.0 Å². The lowest BCUT2D eigenvalue weighted by molar-refractivity contribution is 0.101. The molecule has 84 valence electrons. The van der Waals surface area contributed by atoms with Gasteiger partial charge in [0.15, 0.2) is 5.78 Å². The second-order valence-electron chi connectivity index (χ2n) is 3.41. The minimum atomic E-state index is -0.500. The molecular formula is C13H14FNO. The van der Waals surface area contributed by atoms with Crippen molar-refractivity contribution >= 4 is 11.5 Å². The average Bonchev–Trinajstić information content (AvgIpc) is 2.25. The van der Waals surface area contributed by atoms with Gasteiger partial charge in [-0.2, -0.15) is 0 Å². The molecule has 0 aliphatic heterocycles. The number of anilines is 1. The molecule has 16 heavy (non-hydrogen) atoms. The number of ketones is 1. The van der Waals surface area contributed by atoms with Crippen LogP contribution in [0.3, 0.4) is 0 Å². The number of nitrogens with zero attached hydrogens (tertiary/aromatic N) is 1. The smallest absolute Gasteiger partial charge is 0.164 e. The van der Waals surface area contributed by atoms with Gasteiger partial charge in [0.1, 0.15) is 5.82 Å². The summed E-state index contributed by atoms with van der Waals surface area (Å²) in [5.41, 5.74) is 0.674. The highest BCUT2D eigenvalue weighted by molar-refractivity contribution is 6.00. The molecule has 1 rings (SSSR count). The third-order valence-electron chi connectivity index (χ3n) is 2.35. The standard InChI is InChI=1S/C13H14FNO/c1-4-9-15(5-2)12-8-6-7-11(14)13(12)10(3)16/h1,6-8H,5,9H2,2-3H3. The first kappa shape index (κ1) is 12.3. The Bertz CT molecular complexity index is 434. The number of hydrogen-bond donors (Lipinski definition) is 0. The Balaban J connectivity index is 3.27. The number of carbonyl (C=O) groups excluding carboxylic acids is 1. The van der Waals surface area contributed by atoms with E-state index < -0.39 is 5.82 Å². The minimum Gasteiger partial charge on any atom is -0.360 e. The van der Waals surface area contributed by atoms with Crippen molar-refractivity contribution in [2.45, 2.75) is 13.8 Å². The lowest BCUT2D eigenvalue weighted by Crippen LogP contribution is -2.25. The second kappa shape index (κ2) is 5.32. The van der Waals surface area contributed by atoms with Crippen molar-refractivity contribution in [2.75, 3.05) is 18.0 Å². The van der Waals surface area contributed by atoms with Gasteiger partial charge < -0.3 is 4.90 Å². The van der Waals surface area contributed by atoms with E-state index in [0.717, 1.165) is 0 Å². The number of rotatable bonds is 4. The van der Waals surface area contributed by atoms with Crippen LogP contribution >= 0.6 is 0 Å². The molecule has 0 unspecified atom stereocenters. The molecule has 0 amide bonds. The van der Waals surface area contributed by atoms with Gasteiger partial charge in [-0.3, -0.25) is 4.79 Å². The maximum atomic E-state index is 13.5. The molecule has 1 aromatic rings. The van der Waals surface area contributed by atoms with Crippen molar-refractivity contribution in [3.63, 3.8) is 0 Å². The predicted molar refractivity (Wildman–Crippen MR) is 63.1 cm³/mol. The van der Waals surface area contributed by atoms with Gasteiger partial charge in [0.25, 0.3) is 0 Å². The van der Waals surface area contributed by atoms with Crippen LogP contribution in [0.2, 0.25) is 0 Å². The molecule has 0 aliphatic rings. The Hall–Kier alpha value is -1.82. The summed E-state index contributed by atoms with van der Waals surface area (Å²) in [6.07, 6.45) is 5.24. The molecule has 0 bridgehead atoms. The van der Waals surface area contributed by atoms with Gasteiger partial charge in [-0.15, -0.1) is 6.42 Å². The molecule has 0 spiro atoms. The van der Waals surface area contributed by atoms with Crippen LogP contribution in [0.25, 0.3) is 0 Å². The van der Waals surface area contributed by atoms with Crippen LogP contribution in [0.1, 0.15) is 24.2 Å². The molecule has 0 aliphatic carbocycles. The number of terminal acetylenes is 1. The fourth-order valence-corrected chi connectivity index (χ4v) is 1.60. The zero-order chi connectivity index (χ0) is 12.1. The van der Waals surface area contributed by atoms with E-state index in [-0.39, 0.29) is 11.3 Å². The van der Waals surface area contributed by atoms with Crippen LogP contribution in [0, 0.1) is 18.2 Å². The zero-order valence-electron chi connectivity index (χ0n) is 9.46. The Kier molecular flexibility index (Phi) is 4.07. The highest BCUT2D eigenvalue weighted by atomic mass is 19.1. The highest BCUT2D eigenvalue weighted by Crippen LogP contribution is 2.23. The summed E-state index contributed by atoms with van der Waals surface area (Å²) in [5.74, 6) is 1.71. The number of hydrogen-bond acceptors (Lipinski definition) is 2. The quantitative estimate of drug-likeness (QED) is 0.572. The Labute approximate surface area is 95.1 Å². The predicted octanol–water partition coefficient (Wildman–Crippen LogP) is 2.49. The second-order valence-corrected chi connectivity index (χ2v) is 3.41. The van der Waals surface area contributed by atoms with Crippen LogP contribution in [0.15, 0.2) is 18.2 Å². The summed E-state index contributed by atoms with van der Waals surface area (Å²) in [4.78, 5) is 13.2. The molecule has 0 atom stereocenters. The van der Waals surface area contributed by atoms with Crippen LogP contribution in [-0.2, 0) is 0 Å². The molecule has 3 heteroatoms. The third-order valence-corrected chi connectivity index (χ3v) is 2.35. The summed E-state index contributed by atoms with van der Waals surface area (Å²) in [6, 6.07) is 4.57. The number of carbonyl (C=O) groups is 1. The minimum absolute atomic E-state index is 0.111. The SMILES string of the molecule is C#CCN(CC)c1cccc(F)c1C(C)=O. The Morgan fingerprint density at radius 3 is 2.75 bits per heavy atom. The largest absolute Gasteiger partial charge is 0.360 e. The molecular weight excluding hydrogens is 205 g/mol. The van der Waals surface area contributed by atoms with Crippen LogP contribution in [0.4, 0.5) is 10.1 Å². The van der Waals surface area contributed by atoms with E-state index in [0.29, 0.717) is 18.8 Å². The van der Waals surface area contributed by atoms with Crippen molar-refractivity contribution in [3.05, 3.63) is 29.6 Å². The van der Waals surface area contributed by atoms with Gasteiger partial charge >= 0.3 is 0 Å². The van der Waals surface area contributed by atoms with Crippen molar-refractivity contribution in [1.82, 2.24) is 0 Å². The summed E-state index contributed by atoms with van der Waals surface area (Å²) in [6.45, 7) is 4.26. The van der Waals surface area contributed by atoms with Crippen LogP contribution < -0.4 is 4.90 Å². The molecule has 0 radical (unpaired) electrons. The summed E-state index contributed by atoms with van der Waals surface area (Å²) < 4.78 is 13.5. The van der Waals surface area contributed by atoms with E-state index in [1.807, 2.05) is 6.92 Å². The summed E-state index contributed by atoms with van der Waals surface area (Å²) in [7, 11) is 0. The maximum absolute atomic E-state index is 13.5. The van der Waals surface area contributed by atoms with Crippen molar-refractivity contribution in [3.8, 4) is 12.3 Å². The van der Waals surface area contributed by atoms with E-state index in [2.05, 4.69) is 5.92 Å². The van der Waals surface area contributed by atoms with Gasteiger partial charge in [-0.05, 0) is 26.0 Å². The monoisotopic (exact) mass is 219 g/mol. The van der Waals surface area contributed by atoms with Crippen molar-refractivity contribution in [1.29, 1.82) is 0 Å². The summed E-state index contributed by atoms with van der Waals surface area (Å²) in [5, 5.41) is 0. The molecule has 0 fully saturated rings. The summed E-state index contributed by atoms with van der Waals surface area (Å²) >= 11 is 0. The molecule has 0 heterocycles. The first-order chi connectivity index (χ1) is 7.61. The normalized spacial score (nSPS) is 9.62. The van der Waals surface area contributed by atoms with Crippen molar-refractivity contribution < 1.29 is 9.18 Å². The van der Waals surface area contributed by atoms with Gasteiger partial charge in [-0.25, -0.2) is 4.39 Å². The third kappa shape index (κ3) is 2.40. The Morgan fingerprint density at radius 1 is 1.56 bits per heavy atom. The fourth-order valence-electron chi connectivity index (χ4n) is 1.60. The fraction of sp³-hybridized carbons (Fsp3) is 0.308. The number of halogens is 1. The van der Waals surface area contributed by atoms with Gasteiger partial charge in [0, 0.05) is 6.54 Å². The van der Waals surface area contributed by atoms with E-state index in [1.54, 1.807) is 17.0 Å². The topological polar surface area (TPSA) is 20.3 Å². The first-order valence-corrected chi connectivity index (χ1v) is 5.09. The van der Waals surface area contributed by atoms with Gasteiger partial charge in [-0.1, -0.05) is 12.0 Å². The lowest BCUT2D eigenvalue weighted by Gasteiger charge is -2.22. The Morgan fingerprint density at radius 2 is 2.25 bits per heavy atom. The lowest BCUT2D eigenvalue weighted by atomic mass is 10.1. The number of Topliss-reactive ketones (excluding diaryl/α,β-unsaturated/α-hetero) is 1. The molecule has 0 saturated heterocycles. The molecule has 0 aromatic heterocycles. The zero-order valence-corrected chi connectivity index (χ0v) is 9.46. The average molecular weight is 219 g/mol. The van der Waals surface area contributed by atoms with Crippen LogP contribution in [-0.4, -0.2) is 18.9 Å². The maximum Gasteiger partial charge on any atom is 0.164 e. The molecule has 1 aromatic carbocycles. The highest BCUT2D eigenvalue weighted by Gasteiger charge is 2.16. The molecule has 2 nitrogen and oxygen atoms in total. The first-order valence-electron chi connectivity index (χ1n) is 5.09. The van der Waals surface area contributed by atoms with E-state index >= 15 is 0 Å². The molecule has 0 N–H and O–H groups in total. The van der Waals surface area contributed by atoms with Gasteiger partial charge in [0.05, 0.1) is 17.8 Å². The van der Waals surface area contributed by atoms with Gasteiger partial charge in [0.2, 0.25) is 0 Å². The van der Waals surface area contributed by atoms with E-state index in [4.69, 9.17) is 6.42 Å². The van der Waals surface area contributed by atoms with Crippen molar-refractivity contribution in [2.24, 2.45) is 0 Å². The van der Waals surface area contributed by atoms with Crippen LogP contribution in [0.5, 0.6) is 0 Å². The molecule has 0 saturated carbocycles.